The molecule has 24 heavy (non-hydrogen) atoms. The largest absolute Gasteiger partial charge is 0.370 e. The molecular formula is C17H13BrFN5. The molecule has 0 saturated carbocycles. The van der Waals surface area contributed by atoms with Gasteiger partial charge in [0.15, 0.2) is 5.65 Å². The van der Waals surface area contributed by atoms with Crippen LogP contribution < -0.4 is 5.32 Å². The number of pyridine rings is 2. The molecule has 1 N–H and O–H groups in total. The fourth-order valence-corrected chi connectivity index (χ4v) is 2.94. The molecule has 4 rings (SSSR count). The van der Waals surface area contributed by atoms with E-state index in [1.54, 1.807) is 6.07 Å². The Morgan fingerprint density at radius 2 is 2.04 bits per heavy atom. The molecule has 7 heteroatoms. The number of halogens is 2. The smallest absolute Gasteiger partial charge is 0.160 e. The molecule has 0 aliphatic heterocycles. The highest BCUT2D eigenvalue weighted by atomic mass is 79.9. The number of nitrogens with zero attached hydrogens (tertiary/aromatic N) is 4. The number of rotatable bonds is 4. The van der Waals surface area contributed by atoms with Gasteiger partial charge in [0.05, 0.1) is 9.99 Å². The summed E-state index contributed by atoms with van der Waals surface area (Å²) in [6, 6.07) is 12.8. The zero-order valence-corrected chi connectivity index (χ0v) is 14.2. The van der Waals surface area contributed by atoms with Crippen molar-refractivity contribution in [1.29, 1.82) is 0 Å². The maximum Gasteiger partial charge on any atom is 0.160 e. The fourth-order valence-electron chi connectivity index (χ4n) is 2.58. The molecule has 0 radical (unpaired) electrons. The van der Waals surface area contributed by atoms with Gasteiger partial charge in [-0.25, -0.2) is 9.37 Å². The SMILES string of the molecule is Fc1cc2nc(NCCc3nnc4ccccn34)ccc2cc1Br. The van der Waals surface area contributed by atoms with E-state index >= 15 is 0 Å². The first-order valence-electron chi connectivity index (χ1n) is 7.49. The summed E-state index contributed by atoms with van der Waals surface area (Å²) in [5.74, 6) is 1.27. The maximum atomic E-state index is 13.6. The van der Waals surface area contributed by atoms with E-state index in [0.29, 0.717) is 28.8 Å². The van der Waals surface area contributed by atoms with E-state index in [1.165, 1.54) is 6.07 Å². The van der Waals surface area contributed by atoms with Crippen LogP contribution in [0, 0.1) is 5.82 Å². The Bertz CT molecular complexity index is 1030. The van der Waals surface area contributed by atoms with Crippen LogP contribution in [0.3, 0.4) is 0 Å². The first-order chi connectivity index (χ1) is 11.7. The molecule has 0 aliphatic rings. The first kappa shape index (κ1) is 15.0. The molecular weight excluding hydrogens is 373 g/mol. The van der Waals surface area contributed by atoms with Crippen LogP contribution in [0.25, 0.3) is 16.6 Å². The Morgan fingerprint density at radius 3 is 2.96 bits per heavy atom. The van der Waals surface area contributed by atoms with Crippen LogP contribution in [0.1, 0.15) is 5.82 Å². The monoisotopic (exact) mass is 385 g/mol. The van der Waals surface area contributed by atoms with Gasteiger partial charge in [-0.15, -0.1) is 10.2 Å². The number of nitrogens with one attached hydrogen (secondary N) is 1. The Labute approximate surface area is 145 Å². The molecule has 0 aliphatic carbocycles. The third kappa shape index (κ3) is 2.82. The molecule has 0 unspecified atom stereocenters. The van der Waals surface area contributed by atoms with Gasteiger partial charge in [0, 0.05) is 30.6 Å². The number of hydrogen-bond donors (Lipinski definition) is 1. The number of anilines is 1. The fraction of sp³-hybridized carbons (Fsp3) is 0.118. The van der Waals surface area contributed by atoms with Gasteiger partial charge in [-0.2, -0.15) is 0 Å². The number of benzene rings is 1. The van der Waals surface area contributed by atoms with Crippen molar-refractivity contribution in [3.63, 3.8) is 0 Å². The predicted octanol–water partition coefficient (Wildman–Crippen LogP) is 3.83. The summed E-state index contributed by atoms with van der Waals surface area (Å²) in [6.07, 6.45) is 2.65. The van der Waals surface area contributed by atoms with Crippen LogP contribution in [-0.4, -0.2) is 26.1 Å². The van der Waals surface area contributed by atoms with E-state index in [0.717, 1.165) is 16.9 Å². The third-order valence-corrected chi connectivity index (χ3v) is 4.38. The van der Waals surface area contributed by atoms with Crippen LogP contribution in [-0.2, 0) is 6.42 Å². The highest BCUT2D eigenvalue weighted by Crippen LogP contribution is 2.23. The van der Waals surface area contributed by atoms with E-state index in [1.807, 2.05) is 40.9 Å². The molecule has 3 heterocycles. The Morgan fingerprint density at radius 1 is 1.12 bits per heavy atom. The molecule has 1 aromatic carbocycles. The molecule has 0 atom stereocenters. The predicted molar refractivity (Wildman–Crippen MR) is 94.6 cm³/mol. The summed E-state index contributed by atoms with van der Waals surface area (Å²) < 4.78 is 16.0. The van der Waals surface area contributed by atoms with Crippen LogP contribution >= 0.6 is 15.9 Å². The van der Waals surface area contributed by atoms with E-state index in [-0.39, 0.29) is 5.82 Å². The molecule has 0 fully saturated rings. The van der Waals surface area contributed by atoms with Crippen LogP contribution in [0.15, 0.2) is 53.1 Å². The maximum absolute atomic E-state index is 13.6. The summed E-state index contributed by atoms with van der Waals surface area (Å²) >= 11 is 3.18. The summed E-state index contributed by atoms with van der Waals surface area (Å²) in [5.41, 5.74) is 1.45. The topological polar surface area (TPSA) is 55.1 Å². The lowest BCUT2D eigenvalue weighted by Gasteiger charge is -2.07. The lowest BCUT2D eigenvalue weighted by molar-refractivity contribution is 0.623. The van der Waals surface area contributed by atoms with E-state index < -0.39 is 0 Å². The van der Waals surface area contributed by atoms with Crippen molar-refractivity contribution < 1.29 is 4.39 Å². The second-order valence-corrected chi connectivity index (χ2v) is 6.23. The Balaban J connectivity index is 1.49. The highest BCUT2D eigenvalue weighted by Gasteiger charge is 2.06. The van der Waals surface area contributed by atoms with Gasteiger partial charge >= 0.3 is 0 Å². The van der Waals surface area contributed by atoms with E-state index in [4.69, 9.17) is 0 Å². The van der Waals surface area contributed by atoms with Gasteiger partial charge in [0.1, 0.15) is 17.5 Å². The van der Waals surface area contributed by atoms with Crippen LogP contribution in [0.4, 0.5) is 10.2 Å². The molecule has 0 amide bonds. The molecule has 5 nitrogen and oxygen atoms in total. The minimum absolute atomic E-state index is 0.318. The quantitative estimate of drug-likeness (QED) is 0.579. The second-order valence-electron chi connectivity index (χ2n) is 5.38. The molecule has 4 aromatic rings. The van der Waals surface area contributed by atoms with Crippen molar-refractivity contribution in [3.05, 3.63) is 64.8 Å². The molecule has 120 valence electrons. The van der Waals surface area contributed by atoms with Gasteiger partial charge < -0.3 is 5.32 Å². The van der Waals surface area contributed by atoms with Crippen molar-refractivity contribution in [3.8, 4) is 0 Å². The highest BCUT2D eigenvalue weighted by molar-refractivity contribution is 9.10. The van der Waals surface area contributed by atoms with E-state index in [2.05, 4.69) is 36.4 Å². The summed E-state index contributed by atoms with van der Waals surface area (Å²) in [4.78, 5) is 4.44. The van der Waals surface area contributed by atoms with Gasteiger partial charge in [0.25, 0.3) is 0 Å². The van der Waals surface area contributed by atoms with Crippen molar-refractivity contribution >= 4 is 38.3 Å². The summed E-state index contributed by atoms with van der Waals surface area (Å²) in [7, 11) is 0. The minimum Gasteiger partial charge on any atom is -0.370 e. The molecule has 0 spiro atoms. The zero-order chi connectivity index (χ0) is 16.5. The van der Waals surface area contributed by atoms with E-state index in [9.17, 15) is 4.39 Å². The normalized spacial score (nSPS) is 11.2. The van der Waals surface area contributed by atoms with Gasteiger partial charge in [-0.3, -0.25) is 4.40 Å². The summed E-state index contributed by atoms with van der Waals surface area (Å²) in [5, 5.41) is 12.5. The number of fused-ring (bicyclic) bond motifs is 2. The van der Waals surface area contributed by atoms with Crippen molar-refractivity contribution in [2.75, 3.05) is 11.9 Å². The third-order valence-electron chi connectivity index (χ3n) is 3.77. The van der Waals surface area contributed by atoms with Gasteiger partial charge in [-0.05, 0) is 46.3 Å². The first-order valence-corrected chi connectivity index (χ1v) is 8.28. The van der Waals surface area contributed by atoms with Crippen molar-refractivity contribution in [2.24, 2.45) is 0 Å². The molecule has 3 aromatic heterocycles. The second kappa shape index (κ2) is 6.16. The van der Waals surface area contributed by atoms with Gasteiger partial charge in [-0.1, -0.05) is 6.07 Å². The number of aromatic nitrogens is 4. The zero-order valence-electron chi connectivity index (χ0n) is 12.6. The molecule has 0 saturated heterocycles. The number of hydrogen-bond acceptors (Lipinski definition) is 4. The Hall–Kier alpha value is -2.54. The lowest BCUT2D eigenvalue weighted by Crippen LogP contribution is -2.08. The average molecular weight is 386 g/mol. The van der Waals surface area contributed by atoms with Crippen LogP contribution in [0.2, 0.25) is 0 Å². The minimum atomic E-state index is -0.318. The van der Waals surface area contributed by atoms with Crippen LogP contribution in [0.5, 0.6) is 0 Å². The standard InChI is InChI=1S/C17H13BrFN5/c18-12-9-11-4-5-15(21-14(11)10-13(12)19)20-7-6-17-23-22-16-3-1-2-8-24(16)17/h1-5,8-10H,6-7H2,(H,20,21). The van der Waals surface area contributed by atoms with Crippen molar-refractivity contribution in [2.45, 2.75) is 6.42 Å². The lowest BCUT2D eigenvalue weighted by atomic mass is 10.2. The summed E-state index contributed by atoms with van der Waals surface area (Å²) in [6.45, 7) is 0.660. The van der Waals surface area contributed by atoms with Crippen molar-refractivity contribution in [1.82, 2.24) is 19.6 Å². The van der Waals surface area contributed by atoms with Gasteiger partial charge in [0.2, 0.25) is 0 Å². The molecule has 0 bridgehead atoms. The average Bonchev–Trinajstić information content (AvgIpc) is 3.00. The Kier molecular flexibility index (Phi) is 3.86.